The lowest BCUT2D eigenvalue weighted by Gasteiger charge is -2.17. The van der Waals surface area contributed by atoms with E-state index in [9.17, 15) is 0 Å². The molecule has 0 bridgehead atoms. The third kappa shape index (κ3) is 0.809. The lowest BCUT2D eigenvalue weighted by Crippen LogP contribution is -2.23. The third-order valence-corrected chi connectivity index (χ3v) is 2.57. The second-order valence-corrected chi connectivity index (χ2v) is 3.69. The van der Waals surface area contributed by atoms with Crippen LogP contribution in [0.3, 0.4) is 0 Å². The maximum atomic E-state index is 4.46. The van der Waals surface area contributed by atoms with Crippen LogP contribution in [0, 0.1) is 0 Å². The summed E-state index contributed by atoms with van der Waals surface area (Å²) in [6, 6.07) is 3.94. The van der Waals surface area contributed by atoms with Gasteiger partial charge in [0, 0.05) is 17.3 Å². The molecule has 12 heavy (non-hydrogen) atoms. The molecule has 2 heterocycles. The van der Waals surface area contributed by atoms with Crippen molar-refractivity contribution in [2.45, 2.75) is 26.2 Å². The minimum absolute atomic E-state index is 0.0244. The molecule has 1 aromatic heterocycles. The highest BCUT2D eigenvalue weighted by molar-refractivity contribution is 5.98. The molecule has 62 valence electrons. The van der Waals surface area contributed by atoms with E-state index in [0.29, 0.717) is 0 Å². The van der Waals surface area contributed by atoms with Crippen LogP contribution in [0.5, 0.6) is 0 Å². The summed E-state index contributed by atoms with van der Waals surface area (Å²) in [5.74, 6) is 0. The fourth-order valence-corrected chi connectivity index (χ4v) is 1.46. The normalized spacial score (nSPS) is 18.8. The average Bonchev–Trinajstić information content (AvgIpc) is 2.25. The van der Waals surface area contributed by atoms with Gasteiger partial charge in [0.1, 0.15) is 0 Å². The molecule has 0 aromatic carbocycles. The molecule has 0 saturated heterocycles. The van der Waals surface area contributed by atoms with Gasteiger partial charge in [-0.1, -0.05) is 0 Å². The van der Waals surface area contributed by atoms with Gasteiger partial charge in [0.25, 0.3) is 0 Å². The molecular weight excluding hydrogens is 148 g/mol. The van der Waals surface area contributed by atoms with Crippen LogP contribution in [-0.2, 0) is 5.41 Å². The summed E-state index contributed by atoms with van der Waals surface area (Å²) in [5, 5.41) is 0. The molecule has 2 rings (SSSR count). The first-order valence-corrected chi connectivity index (χ1v) is 4.13. The van der Waals surface area contributed by atoms with Crippen LogP contribution in [0.1, 0.15) is 26.5 Å². The Morgan fingerprint density at radius 2 is 2.08 bits per heavy atom. The first-order chi connectivity index (χ1) is 5.62. The van der Waals surface area contributed by atoms with Crippen molar-refractivity contribution >= 4 is 11.4 Å². The number of pyridine rings is 1. The van der Waals surface area contributed by atoms with Crippen molar-refractivity contribution in [3.05, 3.63) is 24.0 Å². The lowest BCUT2D eigenvalue weighted by molar-refractivity contribution is 0.704. The Labute approximate surface area is 72.4 Å². The Morgan fingerprint density at radius 1 is 1.33 bits per heavy atom. The summed E-state index contributed by atoms with van der Waals surface area (Å²) in [6.07, 6.45) is 1.83. The maximum Gasteiger partial charge on any atom is 0.0854 e. The first kappa shape index (κ1) is 7.47. The molecule has 0 atom stereocenters. The maximum absolute atomic E-state index is 4.46. The van der Waals surface area contributed by atoms with Crippen molar-refractivity contribution in [1.29, 1.82) is 0 Å². The van der Waals surface area contributed by atoms with Gasteiger partial charge in [-0.05, 0) is 32.9 Å². The van der Waals surface area contributed by atoms with E-state index < -0.39 is 0 Å². The minimum Gasteiger partial charge on any atom is -0.258 e. The molecule has 2 heteroatoms. The van der Waals surface area contributed by atoms with E-state index in [4.69, 9.17) is 0 Å². The van der Waals surface area contributed by atoms with Gasteiger partial charge in [-0.15, -0.1) is 0 Å². The highest BCUT2D eigenvalue weighted by Gasteiger charge is 2.33. The highest BCUT2D eigenvalue weighted by atomic mass is 14.9. The minimum atomic E-state index is 0.0244. The van der Waals surface area contributed by atoms with Gasteiger partial charge in [0.2, 0.25) is 0 Å². The molecule has 1 aliphatic heterocycles. The largest absolute Gasteiger partial charge is 0.258 e. The molecule has 0 fully saturated rings. The van der Waals surface area contributed by atoms with Gasteiger partial charge in [0.05, 0.1) is 11.4 Å². The van der Waals surface area contributed by atoms with E-state index in [0.717, 1.165) is 17.1 Å². The van der Waals surface area contributed by atoms with Crippen molar-refractivity contribution in [1.82, 2.24) is 4.98 Å². The summed E-state index contributed by atoms with van der Waals surface area (Å²) in [5.41, 5.74) is 3.30. The van der Waals surface area contributed by atoms with Crippen LogP contribution in [-0.4, -0.2) is 10.7 Å². The lowest BCUT2D eigenvalue weighted by atomic mass is 9.86. The molecule has 2 nitrogen and oxygen atoms in total. The van der Waals surface area contributed by atoms with E-state index in [2.05, 4.69) is 30.7 Å². The molecule has 0 radical (unpaired) electrons. The van der Waals surface area contributed by atoms with E-state index >= 15 is 0 Å². The Hall–Kier alpha value is -1.18. The monoisotopic (exact) mass is 160 g/mol. The van der Waals surface area contributed by atoms with Gasteiger partial charge in [-0.2, -0.15) is 0 Å². The van der Waals surface area contributed by atoms with Gasteiger partial charge in [0.15, 0.2) is 0 Å². The molecule has 1 aromatic rings. The summed E-state index contributed by atoms with van der Waals surface area (Å²) in [6.45, 7) is 6.37. The first-order valence-electron chi connectivity index (χ1n) is 4.13. The Bertz CT molecular complexity index is 351. The van der Waals surface area contributed by atoms with Crippen LogP contribution < -0.4 is 0 Å². The number of nitrogens with zero attached hydrogens (tertiary/aromatic N) is 2. The smallest absolute Gasteiger partial charge is 0.0854 e. The number of aromatic nitrogens is 1. The molecule has 0 spiro atoms. The van der Waals surface area contributed by atoms with Crippen LogP contribution in [0.4, 0.5) is 5.69 Å². The zero-order valence-corrected chi connectivity index (χ0v) is 7.63. The van der Waals surface area contributed by atoms with Gasteiger partial charge in [-0.3, -0.25) is 9.98 Å². The quantitative estimate of drug-likeness (QED) is 0.572. The topological polar surface area (TPSA) is 25.2 Å². The van der Waals surface area contributed by atoms with Crippen LogP contribution in [0.25, 0.3) is 0 Å². The second kappa shape index (κ2) is 2.16. The highest BCUT2D eigenvalue weighted by Crippen LogP contribution is 2.37. The van der Waals surface area contributed by atoms with E-state index in [1.54, 1.807) is 0 Å². The zero-order valence-electron chi connectivity index (χ0n) is 7.63. The van der Waals surface area contributed by atoms with Crippen molar-refractivity contribution in [3.63, 3.8) is 0 Å². The summed E-state index contributed by atoms with van der Waals surface area (Å²) in [4.78, 5) is 8.81. The molecule has 0 aliphatic carbocycles. The molecule has 0 N–H and O–H groups in total. The van der Waals surface area contributed by atoms with Crippen LogP contribution >= 0.6 is 0 Å². The zero-order chi connectivity index (χ0) is 8.77. The average molecular weight is 160 g/mol. The van der Waals surface area contributed by atoms with Gasteiger partial charge < -0.3 is 0 Å². The van der Waals surface area contributed by atoms with Gasteiger partial charge in [-0.25, -0.2) is 0 Å². The molecule has 0 saturated carbocycles. The fourth-order valence-electron chi connectivity index (χ4n) is 1.46. The Morgan fingerprint density at radius 3 is 2.75 bits per heavy atom. The van der Waals surface area contributed by atoms with Crippen molar-refractivity contribution in [2.24, 2.45) is 4.99 Å². The van der Waals surface area contributed by atoms with Crippen molar-refractivity contribution in [2.75, 3.05) is 0 Å². The van der Waals surface area contributed by atoms with Crippen LogP contribution in [0.2, 0.25) is 0 Å². The number of fused-ring (bicyclic) bond motifs is 1. The predicted molar refractivity (Wildman–Crippen MR) is 50.0 cm³/mol. The molecule has 0 unspecified atom stereocenters. The Balaban J connectivity index is 2.66. The van der Waals surface area contributed by atoms with Crippen molar-refractivity contribution < 1.29 is 0 Å². The molecule has 1 aliphatic rings. The number of hydrogen-bond acceptors (Lipinski definition) is 2. The predicted octanol–water partition coefficient (Wildman–Crippen LogP) is 2.47. The van der Waals surface area contributed by atoms with Gasteiger partial charge >= 0.3 is 0 Å². The van der Waals surface area contributed by atoms with Crippen LogP contribution in [0.15, 0.2) is 23.3 Å². The number of rotatable bonds is 0. The summed E-state index contributed by atoms with van der Waals surface area (Å²) >= 11 is 0. The molecular formula is C10H12N2. The summed E-state index contributed by atoms with van der Waals surface area (Å²) in [7, 11) is 0. The number of hydrogen-bond donors (Lipinski definition) is 0. The standard InChI is InChI=1S/C10H12N2/c1-7-10(2,3)9-8(12-7)5-4-6-11-9/h4-6H,1-3H3. The molecule has 0 amide bonds. The third-order valence-electron chi connectivity index (χ3n) is 2.57. The Kier molecular flexibility index (Phi) is 1.34. The fraction of sp³-hybridized carbons (Fsp3) is 0.400. The SMILES string of the molecule is CC1=Nc2cccnc2C1(C)C. The van der Waals surface area contributed by atoms with E-state index in [1.807, 2.05) is 18.3 Å². The number of aliphatic imine (C=N–C) groups is 1. The van der Waals surface area contributed by atoms with E-state index in [1.165, 1.54) is 0 Å². The summed E-state index contributed by atoms with van der Waals surface area (Å²) < 4.78 is 0. The van der Waals surface area contributed by atoms with Crippen molar-refractivity contribution in [3.8, 4) is 0 Å². The van der Waals surface area contributed by atoms with E-state index in [-0.39, 0.29) is 5.41 Å². The second-order valence-electron chi connectivity index (χ2n) is 3.69.